The molecule has 4 aromatic rings. The summed E-state index contributed by atoms with van der Waals surface area (Å²) in [7, 11) is -0.661. The Labute approximate surface area is 419 Å². The lowest BCUT2D eigenvalue weighted by Gasteiger charge is -2.29. The lowest BCUT2D eigenvalue weighted by atomic mass is 10.2. The van der Waals surface area contributed by atoms with Crippen LogP contribution in [0.15, 0.2) is 122 Å². The van der Waals surface area contributed by atoms with E-state index in [4.69, 9.17) is 18.9 Å². The third kappa shape index (κ3) is 20.6. The molecule has 0 amide bonds. The van der Waals surface area contributed by atoms with E-state index in [0.717, 1.165) is 56.8 Å². The third-order valence-corrected chi connectivity index (χ3v) is 18.2. The summed E-state index contributed by atoms with van der Waals surface area (Å²) in [6.07, 6.45) is 7.30. The minimum Gasteiger partial charge on any atom is -0.497 e. The molecule has 0 radical (unpaired) electrons. The molecule has 4 aromatic carbocycles. The van der Waals surface area contributed by atoms with Crippen molar-refractivity contribution in [3.63, 3.8) is 0 Å². The Hall–Kier alpha value is -3.92. The zero-order chi connectivity index (χ0) is 50.4. The maximum atomic E-state index is 14.0. The SMILES string of the molecule is C=CCC[C@@H](CCSC(C)(C)C)S(=O)(=O)N(Cc1ccc(OC)cc1)Cc1ccc(OC)cc1.C=CCC[C@H](CCSC(C)(C)C)S(=O)(=O)N(Cc1ccc(OC)cc1)Cc1ccc(OC)cc1. The molecule has 0 unspecified atom stereocenters. The van der Waals surface area contributed by atoms with Crippen LogP contribution in [0.2, 0.25) is 0 Å². The molecule has 376 valence electrons. The number of nitrogens with zero attached hydrogens (tertiary/aromatic N) is 2. The van der Waals surface area contributed by atoms with Gasteiger partial charge in [-0.1, -0.05) is 102 Å². The summed E-state index contributed by atoms with van der Waals surface area (Å²) < 4.78 is 80.4. The van der Waals surface area contributed by atoms with Gasteiger partial charge in [-0.3, -0.25) is 0 Å². The van der Waals surface area contributed by atoms with Gasteiger partial charge in [0.25, 0.3) is 0 Å². The van der Waals surface area contributed by atoms with Crippen LogP contribution in [-0.4, -0.2) is 85.4 Å². The van der Waals surface area contributed by atoms with E-state index in [2.05, 4.69) is 54.7 Å². The highest BCUT2D eigenvalue weighted by Gasteiger charge is 2.34. The van der Waals surface area contributed by atoms with Crippen molar-refractivity contribution in [2.75, 3.05) is 39.9 Å². The molecule has 2 atom stereocenters. The fourth-order valence-corrected chi connectivity index (χ4v) is 13.3. The summed E-state index contributed by atoms with van der Waals surface area (Å²) in [5.41, 5.74) is 3.68. The second kappa shape index (κ2) is 28.7. The molecular formula is C54H78N2O8S4. The summed E-state index contributed by atoms with van der Waals surface area (Å²) in [5.74, 6) is 4.58. The molecule has 0 heterocycles. The monoisotopic (exact) mass is 1010 g/mol. The third-order valence-electron chi connectivity index (χ3n) is 11.0. The molecule has 0 aliphatic carbocycles. The van der Waals surface area contributed by atoms with Crippen molar-refractivity contribution >= 4 is 43.6 Å². The Bertz CT molecular complexity index is 2030. The van der Waals surface area contributed by atoms with Crippen LogP contribution in [0.3, 0.4) is 0 Å². The highest BCUT2D eigenvalue weighted by molar-refractivity contribution is 8.00. The molecule has 0 aromatic heterocycles. The normalized spacial score (nSPS) is 13.0. The van der Waals surface area contributed by atoms with Crippen LogP contribution in [0.4, 0.5) is 0 Å². The predicted molar refractivity (Wildman–Crippen MR) is 288 cm³/mol. The van der Waals surface area contributed by atoms with Gasteiger partial charge in [-0.15, -0.1) is 13.2 Å². The second-order valence-corrected chi connectivity index (χ2v) is 26.8. The van der Waals surface area contributed by atoms with E-state index < -0.39 is 30.5 Å². The van der Waals surface area contributed by atoms with E-state index >= 15 is 0 Å². The number of rotatable bonds is 28. The van der Waals surface area contributed by atoms with E-state index in [9.17, 15) is 16.8 Å². The van der Waals surface area contributed by atoms with Crippen molar-refractivity contribution in [3.8, 4) is 23.0 Å². The smallest absolute Gasteiger partial charge is 0.217 e. The van der Waals surface area contributed by atoms with Crippen molar-refractivity contribution < 1.29 is 35.8 Å². The van der Waals surface area contributed by atoms with Crippen molar-refractivity contribution in [2.45, 2.75) is 126 Å². The first kappa shape index (κ1) is 58.4. The number of thioether (sulfide) groups is 2. The Kier molecular flexibility index (Phi) is 24.6. The van der Waals surface area contributed by atoms with Gasteiger partial charge in [0.2, 0.25) is 20.0 Å². The predicted octanol–water partition coefficient (Wildman–Crippen LogP) is 12.6. The molecule has 14 heteroatoms. The number of hydrogen-bond acceptors (Lipinski definition) is 10. The van der Waals surface area contributed by atoms with Crippen LogP contribution in [-0.2, 0) is 46.2 Å². The number of hydrogen-bond donors (Lipinski definition) is 0. The van der Waals surface area contributed by atoms with Crippen LogP contribution in [0.25, 0.3) is 0 Å². The first-order valence-electron chi connectivity index (χ1n) is 23.2. The Balaban J connectivity index is 0.000000360. The summed E-state index contributed by atoms with van der Waals surface area (Å²) in [6, 6.07) is 30.3. The molecular weight excluding hydrogens is 933 g/mol. The molecule has 0 aliphatic rings. The summed E-state index contributed by atoms with van der Waals surface area (Å²) in [4.78, 5) is 0. The highest BCUT2D eigenvalue weighted by atomic mass is 32.2. The molecule has 4 rings (SSSR count). The fourth-order valence-electron chi connectivity index (χ4n) is 7.12. The second-order valence-electron chi connectivity index (χ2n) is 18.5. The molecule has 68 heavy (non-hydrogen) atoms. The van der Waals surface area contributed by atoms with Crippen LogP contribution in [0.1, 0.15) is 102 Å². The van der Waals surface area contributed by atoms with Gasteiger partial charge in [-0.2, -0.15) is 32.1 Å². The zero-order valence-corrected chi connectivity index (χ0v) is 45.5. The van der Waals surface area contributed by atoms with E-state index in [0.29, 0.717) is 64.7 Å². The fraction of sp³-hybridized carbons (Fsp3) is 0.481. The maximum absolute atomic E-state index is 14.0. The summed E-state index contributed by atoms with van der Waals surface area (Å²) in [6.45, 7) is 21.8. The van der Waals surface area contributed by atoms with Gasteiger partial charge in [0.15, 0.2) is 0 Å². The lowest BCUT2D eigenvalue weighted by Crippen LogP contribution is -2.38. The maximum Gasteiger partial charge on any atom is 0.217 e. The molecule has 0 aliphatic heterocycles. The van der Waals surface area contributed by atoms with Crippen molar-refractivity contribution in [2.24, 2.45) is 0 Å². The van der Waals surface area contributed by atoms with Crippen LogP contribution < -0.4 is 18.9 Å². The molecule has 10 nitrogen and oxygen atoms in total. The Morgan fingerprint density at radius 1 is 0.456 bits per heavy atom. The number of benzene rings is 4. The van der Waals surface area contributed by atoms with Gasteiger partial charge in [0.05, 0.1) is 38.9 Å². The van der Waals surface area contributed by atoms with Crippen molar-refractivity contribution in [1.29, 1.82) is 0 Å². The van der Waals surface area contributed by atoms with Crippen molar-refractivity contribution in [3.05, 3.63) is 145 Å². The van der Waals surface area contributed by atoms with Gasteiger partial charge in [0, 0.05) is 35.7 Å². The first-order valence-corrected chi connectivity index (χ1v) is 28.1. The number of ether oxygens (including phenoxy) is 4. The average Bonchev–Trinajstić information content (AvgIpc) is 3.31. The minimum absolute atomic E-state index is 0.0959. The van der Waals surface area contributed by atoms with Gasteiger partial charge in [-0.05, 0) is 121 Å². The summed E-state index contributed by atoms with van der Waals surface area (Å²) >= 11 is 3.61. The standard InChI is InChI=1S/2C27H39NO4S2/c2*1-7-8-9-26(18-19-33-27(2,3)4)34(29,30)28(20-22-10-14-24(31-5)15-11-22)21-23-12-16-25(32-6)17-13-23/h2*7,10-17,26H,1,8-9,18-21H2,2-6H3/t2*26-/m10/s1. The first-order chi connectivity index (χ1) is 32.2. The van der Waals surface area contributed by atoms with Crippen molar-refractivity contribution in [1.82, 2.24) is 8.61 Å². The molecule has 0 saturated heterocycles. The topological polar surface area (TPSA) is 112 Å². The molecule has 0 saturated carbocycles. The van der Waals surface area contributed by atoms with Gasteiger partial charge >= 0.3 is 0 Å². The van der Waals surface area contributed by atoms with E-state index in [1.165, 1.54) is 0 Å². The van der Waals surface area contributed by atoms with Crippen LogP contribution >= 0.6 is 23.5 Å². The Morgan fingerprint density at radius 2 is 0.691 bits per heavy atom. The number of allylic oxidation sites excluding steroid dienone is 2. The molecule has 0 bridgehead atoms. The summed E-state index contributed by atoms with van der Waals surface area (Å²) in [5, 5.41) is -0.923. The van der Waals surface area contributed by atoms with Gasteiger partial charge < -0.3 is 18.9 Å². The lowest BCUT2D eigenvalue weighted by molar-refractivity contribution is 0.387. The quantitative estimate of drug-likeness (QED) is 0.0510. The van der Waals surface area contributed by atoms with Crippen LogP contribution in [0, 0.1) is 0 Å². The number of methoxy groups -OCH3 is 4. The molecule has 0 N–H and O–H groups in total. The van der Waals surface area contributed by atoms with Gasteiger partial charge in [-0.25, -0.2) is 16.8 Å². The van der Waals surface area contributed by atoms with E-state index in [1.807, 2.05) is 97.1 Å². The Morgan fingerprint density at radius 3 is 0.882 bits per heavy atom. The number of sulfonamides is 2. The van der Waals surface area contributed by atoms with Gasteiger partial charge in [0.1, 0.15) is 23.0 Å². The molecule has 0 fully saturated rings. The average molecular weight is 1010 g/mol. The largest absolute Gasteiger partial charge is 0.497 e. The zero-order valence-electron chi connectivity index (χ0n) is 42.2. The minimum atomic E-state index is -3.57. The van der Waals surface area contributed by atoms with E-state index in [1.54, 1.807) is 72.7 Å². The highest BCUT2D eigenvalue weighted by Crippen LogP contribution is 2.31. The van der Waals surface area contributed by atoms with E-state index in [-0.39, 0.29) is 9.49 Å². The molecule has 0 spiro atoms. The van der Waals surface area contributed by atoms with Crippen LogP contribution in [0.5, 0.6) is 23.0 Å².